The van der Waals surface area contributed by atoms with Crippen LogP contribution in [-0.2, 0) is 4.79 Å². The van der Waals surface area contributed by atoms with Gasteiger partial charge in [-0.25, -0.2) is 4.79 Å². The van der Waals surface area contributed by atoms with E-state index < -0.39 is 5.97 Å². The van der Waals surface area contributed by atoms with Crippen molar-refractivity contribution in [2.75, 3.05) is 43.5 Å². The Morgan fingerprint density at radius 1 is 1.00 bits per heavy atom. The van der Waals surface area contributed by atoms with Gasteiger partial charge in [-0.2, -0.15) is 0 Å². The molecule has 2 aromatic carbocycles. The van der Waals surface area contributed by atoms with Gasteiger partial charge in [-0.05, 0) is 24.3 Å². The Bertz CT molecular complexity index is 816. The number of hydrogen-bond acceptors (Lipinski definition) is 5. The van der Waals surface area contributed by atoms with E-state index in [1.54, 1.807) is 36.3 Å². The van der Waals surface area contributed by atoms with Crippen LogP contribution in [0.5, 0.6) is 11.5 Å². The molecular formula is C20H23N3O4. The maximum Gasteiger partial charge on any atom is 0.321 e. The van der Waals surface area contributed by atoms with Gasteiger partial charge in [0.15, 0.2) is 0 Å². The maximum absolute atomic E-state index is 12.5. The lowest BCUT2D eigenvalue weighted by atomic mass is 10.2. The van der Waals surface area contributed by atoms with Gasteiger partial charge < -0.3 is 24.6 Å². The molecule has 0 bridgehead atoms. The van der Waals surface area contributed by atoms with Gasteiger partial charge in [0.2, 0.25) is 0 Å². The van der Waals surface area contributed by atoms with Crippen molar-refractivity contribution in [2.45, 2.75) is 6.92 Å². The number of para-hydroxylation sites is 2. The van der Waals surface area contributed by atoms with Gasteiger partial charge >= 0.3 is 12.0 Å². The molecule has 1 saturated heterocycles. The van der Waals surface area contributed by atoms with Gasteiger partial charge in [-0.1, -0.05) is 18.2 Å². The molecule has 0 aromatic heterocycles. The minimum absolute atomic E-state index is 0.172. The summed E-state index contributed by atoms with van der Waals surface area (Å²) in [6.07, 6.45) is 0. The van der Waals surface area contributed by atoms with Gasteiger partial charge in [0.05, 0.1) is 12.8 Å². The fourth-order valence-corrected chi connectivity index (χ4v) is 3.05. The number of hydrogen-bond donors (Lipinski definition) is 1. The van der Waals surface area contributed by atoms with Crippen molar-refractivity contribution < 1.29 is 19.1 Å². The van der Waals surface area contributed by atoms with Crippen LogP contribution in [0.3, 0.4) is 0 Å². The molecule has 0 unspecified atom stereocenters. The Kier molecular flexibility index (Phi) is 5.80. The fourth-order valence-electron chi connectivity index (χ4n) is 3.05. The molecule has 0 spiro atoms. The van der Waals surface area contributed by atoms with E-state index in [0.29, 0.717) is 24.5 Å². The molecule has 1 N–H and O–H groups in total. The van der Waals surface area contributed by atoms with E-state index in [-0.39, 0.29) is 6.03 Å². The van der Waals surface area contributed by atoms with E-state index in [9.17, 15) is 9.59 Å². The third kappa shape index (κ3) is 4.69. The summed E-state index contributed by atoms with van der Waals surface area (Å²) in [4.78, 5) is 27.6. The normalized spacial score (nSPS) is 13.9. The van der Waals surface area contributed by atoms with E-state index in [1.165, 1.54) is 6.92 Å². The Morgan fingerprint density at radius 2 is 1.74 bits per heavy atom. The van der Waals surface area contributed by atoms with Crippen molar-refractivity contribution in [3.63, 3.8) is 0 Å². The average molecular weight is 369 g/mol. The molecule has 7 heteroatoms. The monoisotopic (exact) mass is 369 g/mol. The van der Waals surface area contributed by atoms with Gasteiger partial charge in [0.1, 0.15) is 11.5 Å². The summed E-state index contributed by atoms with van der Waals surface area (Å²) < 4.78 is 10.5. The summed E-state index contributed by atoms with van der Waals surface area (Å²) >= 11 is 0. The van der Waals surface area contributed by atoms with Crippen molar-refractivity contribution in [1.82, 2.24) is 4.90 Å². The first-order valence-electron chi connectivity index (χ1n) is 8.79. The zero-order chi connectivity index (χ0) is 19.2. The van der Waals surface area contributed by atoms with E-state index in [1.807, 2.05) is 24.3 Å². The van der Waals surface area contributed by atoms with Crippen molar-refractivity contribution in [2.24, 2.45) is 0 Å². The molecule has 27 heavy (non-hydrogen) atoms. The topological polar surface area (TPSA) is 71.1 Å². The lowest BCUT2D eigenvalue weighted by Crippen LogP contribution is -2.50. The number of rotatable bonds is 4. The minimum Gasteiger partial charge on any atom is -0.495 e. The molecule has 1 aliphatic heterocycles. The summed E-state index contributed by atoms with van der Waals surface area (Å²) in [6.45, 7) is 4.00. The highest BCUT2D eigenvalue weighted by atomic mass is 16.5. The van der Waals surface area contributed by atoms with Crippen LogP contribution in [0.1, 0.15) is 6.92 Å². The van der Waals surface area contributed by atoms with Crippen LogP contribution < -0.4 is 19.7 Å². The number of anilines is 2. The summed E-state index contributed by atoms with van der Waals surface area (Å²) in [5.41, 5.74) is 1.63. The van der Waals surface area contributed by atoms with Crippen LogP contribution in [0, 0.1) is 0 Å². The van der Waals surface area contributed by atoms with Crippen molar-refractivity contribution in [1.29, 1.82) is 0 Å². The zero-order valence-corrected chi connectivity index (χ0v) is 15.5. The van der Waals surface area contributed by atoms with Crippen molar-refractivity contribution >= 4 is 23.4 Å². The number of urea groups is 1. The average Bonchev–Trinajstić information content (AvgIpc) is 2.68. The molecule has 1 heterocycles. The SMILES string of the molecule is COc1ccccc1N1CCN(C(=O)Nc2cccc(OC(C)=O)c2)CC1. The number of esters is 1. The molecule has 7 nitrogen and oxygen atoms in total. The van der Waals surface area contributed by atoms with Gasteiger partial charge in [0, 0.05) is 44.9 Å². The second-order valence-electron chi connectivity index (χ2n) is 6.20. The second kappa shape index (κ2) is 8.44. The first-order chi connectivity index (χ1) is 13.1. The zero-order valence-electron chi connectivity index (χ0n) is 15.5. The standard InChI is InChI=1S/C20H23N3O4/c1-15(24)27-17-7-5-6-16(14-17)21-20(25)23-12-10-22(11-13-23)18-8-3-4-9-19(18)26-2/h3-9,14H,10-13H2,1-2H3,(H,21,25). The van der Waals surface area contributed by atoms with Crippen LogP contribution in [0.2, 0.25) is 0 Å². The largest absolute Gasteiger partial charge is 0.495 e. The molecule has 2 aromatic rings. The number of benzene rings is 2. The molecule has 0 saturated carbocycles. The Balaban J connectivity index is 1.58. The first kappa shape index (κ1) is 18.6. The Hall–Kier alpha value is -3.22. The number of methoxy groups -OCH3 is 1. The smallest absolute Gasteiger partial charge is 0.321 e. The van der Waals surface area contributed by atoms with Crippen LogP contribution >= 0.6 is 0 Å². The Morgan fingerprint density at radius 3 is 2.44 bits per heavy atom. The predicted molar refractivity (Wildman–Crippen MR) is 104 cm³/mol. The highest BCUT2D eigenvalue weighted by Gasteiger charge is 2.23. The fraction of sp³-hybridized carbons (Fsp3) is 0.300. The van der Waals surface area contributed by atoms with Gasteiger partial charge in [-0.3, -0.25) is 4.79 Å². The summed E-state index contributed by atoms with van der Waals surface area (Å²) in [7, 11) is 1.66. The number of nitrogens with zero attached hydrogens (tertiary/aromatic N) is 2. The second-order valence-corrected chi connectivity index (χ2v) is 6.20. The van der Waals surface area contributed by atoms with Crippen molar-refractivity contribution in [3.8, 4) is 11.5 Å². The number of carbonyl (C=O) groups is 2. The van der Waals surface area contributed by atoms with Crippen molar-refractivity contribution in [3.05, 3.63) is 48.5 Å². The van der Waals surface area contributed by atoms with Crippen LogP contribution in [0.4, 0.5) is 16.2 Å². The number of carbonyl (C=O) groups excluding carboxylic acids is 2. The highest BCUT2D eigenvalue weighted by Crippen LogP contribution is 2.28. The third-order valence-corrected chi connectivity index (χ3v) is 4.34. The maximum atomic E-state index is 12.5. The van der Waals surface area contributed by atoms with Crippen LogP contribution in [0.25, 0.3) is 0 Å². The van der Waals surface area contributed by atoms with Crippen LogP contribution in [0.15, 0.2) is 48.5 Å². The predicted octanol–water partition coefficient (Wildman–Crippen LogP) is 2.97. The van der Waals surface area contributed by atoms with E-state index in [0.717, 1.165) is 24.5 Å². The van der Waals surface area contributed by atoms with E-state index in [2.05, 4.69) is 10.2 Å². The number of ether oxygens (including phenoxy) is 2. The van der Waals surface area contributed by atoms with E-state index in [4.69, 9.17) is 9.47 Å². The van der Waals surface area contributed by atoms with Gasteiger partial charge in [0.25, 0.3) is 0 Å². The molecule has 2 amide bonds. The highest BCUT2D eigenvalue weighted by molar-refractivity contribution is 5.89. The summed E-state index contributed by atoms with van der Waals surface area (Å²) in [5, 5.41) is 2.85. The number of piperazine rings is 1. The van der Waals surface area contributed by atoms with E-state index >= 15 is 0 Å². The molecule has 142 valence electrons. The first-order valence-corrected chi connectivity index (χ1v) is 8.79. The third-order valence-electron chi connectivity index (χ3n) is 4.34. The summed E-state index contributed by atoms with van der Waals surface area (Å²) in [6, 6.07) is 14.5. The molecule has 0 radical (unpaired) electrons. The molecule has 3 rings (SSSR count). The number of nitrogens with one attached hydrogen (secondary N) is 1. The Labute approximate surface area is 158 Å². The molecule has 1 aliphatic rings. The molecular weight excluding hydrogens is 346 g/mol. The lowest BCUT2D eigenvalue weighted by Gasteiger charge is -2.36. The lowest BCUT2D eigenvalue weighted by molar-refractivity contribution is -0.131. The minimum atomic E-state index is -0.397. The molecule has 0 aliphatic carbocycles. The van der Waals surface area contributed by atoms with Gasteiger partial charge in [-0.15, -0.1) is 0 Å². The number of amides is 2. The van der Waals surface area contributed by atoms with Crippen LogP contribution in [-0.4, -0.2) is 50.2 Å². The quantitative estimate of drug-likeness (QED) is 0.663. The molecule has 1 fully saturated rings. The molecule has 0 atom stereocenters. The summed E-state index contributed by atoms with van der Waals surface area (Å²) in [5.74, 6) is 0.838.